The van der Waals surface area contributed by atoms with Crippen LogP contribution in [0.15, 0.2) is 35.7 Å². The maximum atomic E-state index is 12.2. The zero-order valence-corrected chi connectivity index (χ0v) is 17.5. The zero-order chi connectivity index (χ0) is 21.2. The summed E-state index contributed by atoms with van der Waals surface area (Å²) in [5.74, 6) is 2.67. The molecule has 4 heterocycles. The summed E-state index contributed by atoms with van der Waals surface area (Å²) in [6, 6.07) is 9.50. The number of thiazole rings is 1. The first-order valence-electron chi connectivity index (χ1n) is 9.70. The maximum absolute atomic E-state index is 12.2. The fourth-order valence-corrected chi connectivity index (χ4v) is 3.85. The molecule has 1 aliphatic heterocycles. The number of benzene rings is 1. The van der Waals surface area contributed by atoms with Crippen LogP contribution in [0.1, 0.15) is 23.5 Å². The average molecular weight is 437 g/mol. The van der Waals surface area contributed by atoms with Crippen LogP contribution in [-0.4, -0.2) is 37.5 Å². The second kappa shape index (κ2) is 8.19. The number of fused-ring (bicyclic) bond motifs is 2. The molecular formula is C20H19N7O3S. The van der Waals surface area contributed by atoms with Crippen LogP contribution in [0, 0.1) is 6.92 Å². The molecule has 0 atom stereocenters. The van der Waals surface area contributed by atoms with E-state index in [1.165, 1.54) is 11.3 Å². The minimum absolute atomic E-state index is 0.122. The van der Waals surface area contributed by atoms with E-state index in [1.54, 1.807) is 4.52 Å². The molecule has 3 aromatic heterocycles. The third-order valence-electron chi connectivity index (χ3n) is 4.68. The highest BCUT2D eigenvalue weighted by Gasteiger charge is 2.14. The lowest BCUT2D eigenvalue weighted by molar-refractivity contribution is -0.116. The summed E-state index contributed by atoms with van der Waals surface area (Å²) in [4.78, 5) is 16.4. The molecule has 0 spiro atoms. The molecule has 0 aliphatic carbocycles. The molecular weight excluding hydrogens is 418 g/mol. The van der Waals surface area contributed by atoms with E-state index in [2.05, 4.69) is 30.9 Å². The van der Waals surface area contributed by atoms with Gasteiger partial charge in [0.05, 0.1) is 5.69 Å². The van der Waals surface area contributed by atoms with Crippen LogP contribution in [0.25, 0.3) is 5.65 Å². The molecule has 5 rings (SSSR count). The molecule has 1 aromatic carbocycles. The van der Waals surface area contributed by atoms with Crippen LogP contribution < -0.4 is 20.1 Å². The van der Waals surface area contributed by atoms with Crippen LogP contribution in [0.3, 0.4) is 0 Å². The van der Waals surface area contributed by atoms with E-state index in [1.807, 2.05) is 42.6 Å². The lowest BCUT2D eigenvalue weighted by Crippen LogP contribution is -2.13. The number of carbonyl (C=O) groups excluding carboxylic acids is 1. The minimum Gasteiger partial charge on any atom is -0.454 e. The van der Waals surface area contributed by atoms with Gasteiger partial charge in [0, 0.05) is 24.8 Å². The predicted molar refractivity (Wildman–Crippen MR) is 114 cm³/mol. The summed E-state index contributed by atoms with van der Waals surface area (Å²) in [5.41, 5.74) is 2.55. The first-order chi connectivity index (χ1) is 15.1. The number of aromatic nitrogens is 5. The highest BCUT2D eigenvalue weighted by atomic mass is 32.1. The normalized spacial score (nSPS) is 12.3. The highest BCUT2D eigenvalue weighted by Crippen LogP contribution is 2.32. The van der Waals surface area contributed by atoms with Crippen LogP contribution in [0.4, 0.5) is 10.9 Å². The van der Waals surface area contributed by atoms with Crippen molar-refractivity contribution in [3.05, 3.63) is 52.8 Å². The molecule has 0 unspecified atom stereocenters. The summed E-state index contributed by atoms with van der Waals surface area (Å²) in [7, 11) is 0. The van der Waals surface area contributed by atoms with Gasteiger partial charge in [-0.2, -0.15) is 4.52 Å². The lowest BCUT2D eigenvalue weighted by atomic mass is 10.2. The molecule has 10 nitrogen and oxygen atoms in total. The Hall–Kier alpha value is -3.73. The number of anilines is 2. The maximum Gasteiger partial charge on any atom is 0.231 e. The number of amides is 1. The van der Waals surface area contributed by atoms with Crippen molar-refractivity contribution in [2.45, 2.75) is 26.3 Å². The van der Waals surface area contributed by atoms with E-state index in [4.69, 9.17) is 9.47 Å². The molecule has 2 N–H and O–H groups in total. The molecule has 0 saturated carbocycles. The van der Waals surface area contributed by atoms with Gasteiger partial charge in [0.1, 0.15) is 5.82 Å². The molecule has 11 heteroatoms. The molecule has 0 fully saturated rings. The van der Waals surface area contributed by atoms with Crippen LogP contribution in [0.2, 0.25) is 0 Å². The number of ether oxygens (including phenoxy) is 2. The van der Waals surface area contributed by atoms with Gasteiger partial charge in [-0.15, -0.1) is 26.6 Å². The predicted octanol–water partition coefficient (Wildman–Crippen LogP) is 2.80. The molecule has 4 aromatic rings. The number of rotatable bonds is 7. The van der Waals surface area contributed by atoms with Crippen molar-refractivity contribution in [3.8, 4) is 11.5 Å². The second-order valence-electron chi connectivity index (χ2n) is 6.99. The van der Waals surface area contributed by atoms with Crippen molar-refractivity contribution < 1.29 is 14.3 Å². The van der Waals surface area contributed by atoms with Crippen molar-refractivity contribution >= 4 is 33.8 Å². The Labute approximate surface area is 181 Å². The van der Waals surface area contributed by atoms with Gasteiger partial charge in [0.15, 0.2) is 28.1 Å². The summed E-state index contributed by atoms with van der Waals surface area (Å²) in [6.07, 6.45) is 0.673. The third kappa shape index (κ3) is 4.26. The SMILES string of the molecule is Cc1csc(NC(=O)CCc2nnc3ccc(NCc4ccc5c(c4)OCO5)nn23)n1. The Morgan fingerprint density at radius 3 is 2.97 bits per heavy atom. The summed E-state index contributed by atoms with van der Waals surface area (Å²) in [5, 5.41) is 21.5. The molecule has 0 radical (unpaired) electrons. The fraction of sp³-hybridized carbons (Fsp3) is 0.250. The van der Waals surface area contributed by atoms with E-state index in [-0.39, 0.29) is 19.1 Å². The van der Waals surface area contributed by atoms with Crippen LogP contribution in [0.5, 0.6) is 11.5 Å². The molecule has 0 bridgehead atoms. The van der Waals surface area contributed by atoms with Crippen LogP contribution in [-0.2, 0) is 17.8 Å². The highest BCUT2D eigenvalue weighted by molar-refractivity contribution is 7.13. The van der Waals surface area contributed by atoms with Crippen molar-refractivity contribution in [1.82, 2.24) is 24.8 Å². The van der Waals surface area contributed by atoms with Gasteiger partial charge in [-0.3, -0.25) is 4.79 Å². The molecule has 31 heavy (non-hydrogen) atoms. The number of nitrogens with zero attached hydrogens (tertiary/aromatic N) is 5. The summed E-state index contributed by atoms with van der Waals surface area (Å²) in [6.45, 7) is 2.71. The quantitative estimate of drug-likeness (QED) is 0.453. The van der Waals surface area contributed by atoms with Gasteiger partial charge in [-0.25, -0.2) is 4.98 Å². The smallest absolute Gasteiger partial charge is 0.231 e. The number of carbonyl (C=O) groups is 1. The minimum atomic E-state index is -0.122. The van der Waals surface area contributed by atoms with Crippen LogP contribution >= 0.6 is 11.3 Å². The Bertz CT molecular complexity index is 1250. The van der Waals surface area contributed by atoms with Crippen molar-refractivity contribution in [1.29, 1.82) is 0 Å². The second-order valence-corrected chi connectivity index (χ2v) is 7.85. The summed E-state index contributed by atoms with van der Waals surface area (Å²) < 4.78 is 12.4. The summed E-state index contributed by atoms with van der Waals surface area (Å²) >= 11 is 1.40. The van der Waals surface area contributed by atoms with Gasteiger partial charge >= 0.3 is 0 Å². The Morgan fingerprint density at radius 1 is 1.19 bits per heavy atom. The lowest BCUT2D eigenvalue weighted by Gasteiger charge is -2.07. The van der Waals surface area contributed by atoms with E-state index in [0.29, 0.717) is 35.4 Å². The first-order valence-corrected chi connectivity index (χ1v) is 10.6. The van der Waals surface area contributed by atoms with Crippen molar-refractivity contribution in [2.75, 3.05) is 17.4 Å². The molecule has 1 aliphatic rings. The monoisotopic (exact) mass is 437 g/mol. The number of nitrogens with one attached hydrogen (secondary N) is 2. The molecule has 158 valence electrons. The van der Waals surface area contributed by atoms with E-state index in [9.17, 15) is 4.79 Å². The number of hydrogen-bond acceptors (Lipinski definition) is 9. The number of hydrogen-bond donors (Lipinski definition) is 2. The third-order valence-corrected chi connectivity index (χ3v) is 5.55. The largest absolute Gasteiger partial charge is 0.454 e. The molecule has 0 saturated heterocycles. The zero-order valence-electron chi connectivity index (χ0n) is 16.7. The molecule has 1 amide bonds. The van der Waals surface area contributed by atoms with Gasteiger partial charge in [-0.1, -0.05) is 6.07 Å². The van der Waals surface area contributed by atoms with E-state index in [0.717, 1.165) is 22.8 Å². The van der Waals surface area contributed by atoms with Gasteiger partial charge in [0.25, 0.3) is 0 Å². The van der Waals surface area contributed by atoms with Crippen molar-refractivity contribution in [2.24, 2.45) is 0 Å². The van der Waals surface area contributed by atoms with Crippen molar-refractivity contribution in [3.63, 3.8) is 0 Å². The Kier molecular flexibility index (Phi) is 5.08. The average Bonchev–Trinajstić information content (AvgIpc) is 3.50. The first kappa shape index (κ1) is 19.2. The van der Waals surface area contributed by atoms with Gasteiger partial charge in [0.2, 0.25) is 12.7 Å². The van der Waals surface area contributed by atoms with E-state index < -0.39 is 0 Å². The van der Waals surface area contributed by atoms with Gasteiger partial charge < -0.3 is 20.1 Å². The fourth-order valence-electron chi connectivity index (χ4n) is 3.15. The van der Waals surface area contributed by atoms with Gasteiger partial charge in [-0.05, 0) is 36.8 Å². The topological polar surface area (TPSA) is 116 Å². The van der Waals surface area contributed by atoms with E-state index >= 15 is 0 Å². The number of aryl methyl sites for hydroxylation is 2. The Morgan fingerprint density at radius 2 is 2.10 bits per heavy atom. The standard InChI is InChI=1S/C20H19N7O3S/c1-12-10-31-20(22-12)23-19(28)7-6-18-25-24-17-5-4-16(26-27(17)18)21-9-13-2-3-14-15(8-13)30-11-29-14/h2-5,8,10H,6-7,9,11H2,1H3,(H,21,26)(H,22,23,28). The Balaban J connectivity index is 1.23.